The first-order chi connectivity index (χ1) is 13.5. The first-order valence-electron chi connectivity index (χ1n) is 9.08. The molecule has 0 unspecified atom stereocenters. The van der Waals surface area contributed by atoms with Gasteiger partial charge in [0.25, 0.3) is 5.91 Å². The maximum absolute atomic E-state index is 12.4. The smallest absolute Gasteiger partial charge is 0.313 e. The van der Waals surface area contributed by atoms with Crippen LogP contribution in [0.4, 0.5) is 5.69 Å². The zero-order valence-electron chi connectivity index (χ0n) is 16.2. The Bertz CT molecular complexity index is 1010. The molecule has 0 aliphatic rings. The number of carbonyl (C=O) groups is 2. The second-order valence-electron chi connectivity index (χ2n) is 6.67. The van der Waals surface area contributed by atoms with E-state index in [1.165, 1.54) is 0 Å². The van der Waals surface area contributed by atoms with Gasteiger partial charge in [0.05, 0.1) is 13.0 Å². The van der Waals surface area contributed by atoms with Crippen molar-refractivity contribution in [2.45, 2.75) is 19.8 Å². The number of methoxy groups -OCH3 is 1. The molecule has 0 heterocycles. The molecule has 1 N–H and O–H groups in total. The highest BCUT2D eigenvalue weighted by molar-refractivity contribution is 5.94. The number of ether oxygens (including phenoxy) is 2. The molecule has 5 nitrogen and oxygen atoms in total. The summed E-state index contributed by atoms with van der Waals surface area (Å²) < 4.78 is 10.4. The van der Waals surface area contributed by atoms with Crippen LogP contribution in [0.15, 0.2) is 60.7 Å². The van der Waals surface area contributed by atoms with Crippen LogP contribution >= 0.6 is 0 Å². The predicted molar refractivity (Wildman–Crippen MR) is 110 cm³/mol. The molecular formula is C23H23NO4. The van der Waals surface area contributed by atoms with Gasteiger partial charge in [0.15, 0.2) is 6.61 Å². The fourth-order valence-corrected chi connectivity index (χ4v) is 2.94. The van der Waals surface area contributed by atoms with E-state index in [1.54, 1.807) is 14.0 Å². The van der Waals surface area contributed by atoms with Crippen LogP contribution in [-0.4, -0.2) is 25.6 Å². The van der Waals surface area contributed by atoms with Gasteiger partial charge in [-0.05, 0) is 53.9 Å². The van der Waals surface area contributed by atoms with Crippen molar-refractivity contribution in [2.24, 2.45) is 0 Å². The molecule has 5 heteroatoms. The van der Waals surface area contributed by atoms with Gasteiger partial charge in [0.2, 0.25) is 0 Å². The fourth-order valence-electron chi connectivity index (χ4n) is 2.94. The van der Waals surface area contributed by atoms with Gasteiger partial charge in [0.1, 0.15) is 5.75 Å². The number of carbonyl (C=O) groups excluding carboxylic acids is 2. The Morgan fingerprint density at radius 2 is 1.71 bits per heavy atom. The minimum absolute atomic E-state index is 0.317. The van der Waals surface area contributed by atoms with Crippen LogP contribution in [0.25, 0.3) is 10.8 Å². The van der Waals surface area contributed by atoms with E-state index >= 15 is 0 Å². The van der Waals surface area contributed by atoms with Crippen LogP contribution in [0.2, 0.25) is 0 Å². The van der Waals surface area contributed by atoms with Crippen molar-refractivity contribution in [1.29, 1.82) is 0 Å². The summed E-state index contributed by atoms with van der Waals surface area (Å²) in [6, 6.07) is 19.0. The molecule has 0 radical (unpaired) electrons. The molecule has 0 fully saturated rings. The Balaban J connectivity index is 1.61. The zero-order chi connectivity index (χ0) is 20.1. The Hall–Kier alpha value is -3.34. The molecule has 3 aromatic carbocycles. The van der Waals surface area contributed by atoms with E-state index in [0.29, 0.717) is 5.69 Å². The summed E-state index contributed by atoms with van der Waals surface area (Å²) in [5.41, 5.74) is 2.49. The topological polar surface area (TPSA) is 64.6 Å². The molecule has 0 bridgehead atoms. The summed E-state index contributed by atoms with van der Waals surface area (Å²) in [6.45, 7) is 3.35. The van der Waals surface area contributed by atoms with Crippen molar-refractivity contribution >= 4 is 28.3 Å². The average Bonchev–Trinajstić information content (AvgIpc) is 2.72. The second kappa shape index (κ2) is 8.57. The first-order valence-corrected chi connectivity index (χ1v) is 9.08. The van der Waals surface area contributed by atoms with E-state index in [-0.39, 0.29) is 12.5 Å². The summed E-state index contributed by atoms with van der Waals surface area (Å²) in [5.74, 6) is -0.488. The SMILES string of the molecule is COc1ccc2cc([C@H](C)C(=O)OCC(=O)Nc3ccccc3C)ccc2c1. The van der Waals surface area contributed by atoms with E-state index in [2.05, 4.69) is 5.32 Å². The maximum atomic E-state index is 12.4. The second-order valence-corrected chi connectivity index (χ2v) is 6.67. The molecule has 0 spiro atoms. The lowest BCUT2D eigenvalue weighted by Gasteiger charge is -2.13. The van der Waals surface area contributed by atoms with Gasteiger partial charge in [-0.2, -0.15) is 0 Å². The number of para-hydroxylation sites is 1. The normalized spacial score (nSPS) is 11.7. The molecule has 28 heavy (non-hydrogen) atoms. The molecule has 3 aromatic rings. The number of hydrogen-bond donors (Lipinski definition) is 1. The summed E-state index contributed by atoms with van der Waals surface area (Å²) in [7, 11) is 1.63. The van der Waals surface area contributed by atoms with E-state index in [0.717, 1.165) is 27.6 Å². The van der Waals surface area contributed by atoms with Gasteiger partial charge in [0, 0.05) is 5.69 Å². The molecule has 144 valence electrons. The van der Waals surface area contributed by atoms with Crippen LogP contribution < -0.4 is 10.1 Å². The number of amides is 1. The number of rotatable bonds is 6. The third-order valence-corrected chi connectivity index (χ3v) is 4.69. The first kappa shape index (κ1) is 19.4. The van der Waals surface area contributed by atoms with Gasteiger partial charge in [-0.15, -0.1) is 0 Å². The van der Waals surface area contributed by atoms with Crippen LogP contribution in [0.3, 0.4) is 0 Å². The highest BCUT2D eigenvalue weighted by Gasteiger charge is 2.18. The molecule has 0 saturated carbocycles. The number of benzene rings is 3. The average molecular weight is 377 g/mol. The van der Waals surface area contributed by atoms with Crippen LogP contribution in [-0.2, 0) is 14.3 Å². The largest absolute Gasteiger partial charge is 0.497 e. The fraction of sp³-hybridized carbons (Fsp3) is 0.217. The number of anilines is 1. The monoisotopic (exact) mass is 377 g/mol. The molecule has 1 amide bonds. The summed E-state index contributed by atoms with van der Waals surface area (Å²) in [5, 5.41) is 4.79. The maximum Gasteiger partial charge on any atom is 0.313 e. The van der Waals surface area contributed by atoms with Crippen molar-refractivity contribution in [3.05, 3.63) is 71.8 Å². The third kappa shape index (κ3) is 4.49. The van der Waals surface area contributed by atoms with Crippen LogP contribution in [0.5, 0.6) is 5.75 Å². The number of fused-ring (bicyclic) bond motifs is 1. The number of hydrogen-bond acceptors (Lipinski definition) is 4. The quantitative estimate of drug-likeness (QED) is 0.645. The lowest BCUT2D eigenvalue weighted by molar-refractivity contribution is -0.148. The Kier molecular flexibility index (Phi) is 5.94. The summed E-state index contributed by atoms with van der Waals surface area (Å²) in [4.78, 5) is 24.4. The zero-order valence-corrected chi connectivity index (χ0v) is 16.2. The molecular weight excluding hydrogens is 354 g/mol. The van der Waals surface area contributed by atoms with Crippen molar-refractivity contribution in [3.63, 3.8) is 0 Å². The van der Waals surface area contributed by atoms with Crippen LogP contribution in [0.1, 0.15) is 24.0 Å². The van der Waals surface area contributed by atoms with Gasteiger partial charge in [-0.1, -0.05) is 42.5 Å². The van der Waals surface area contributed by atoms with Gasteiger partial charge in [-0.3, -0.25) is 9.59 Å². The lowest BCUT2D eigenvalue weighted by Crippen LogP contribution is -2.23. The molecule has 0 aliphatic carbocycles. The van der Waals surface area contributed by atoms with E-state index < -0.39 is 11.9 Å². The highest BCUT2D eigenvalue weighted by Crippen LogP contribution is 2.25. The van der Waals surface area contributed by atoms with Crippen molar-refractivity contribution in [2.75, 3.05) is 19.0 Å². The number of aryl methyl sites for hydroxylation is 1. The van der Waals surface area contributed by atoms with Gasteiger partial charge >= 0.3 is 5.97 Å². The molecule has 1 atom stereocenters. The summed E-state index contributed by atoms with van der Waals surface area (Å²) in [6.07, 6.45) is 0. The molecule has 0 aromatic heterocycles. The van der Waals surface area contributed by atoms with Crippen LogP contribution in [0, 0.1) is 6.92 Å². The number of esters is 1. The van der Waals surface area contributed by atoms with E-state index in [1.807, 2.05) is 67.6 Å². The minimum Gasteiger partial charge on any atom is -0.497 e. The summed E-state index contributed by atoms with van der Waals surface area (Å²) >= 11 is 0. The molecule has 3 rings (SSSR count). The molecule has 0 saturated heterocycles. The van der Waals surface area contributed by atoms with E-state index in [9.17, 15) is 9.59 Å². The lowest BCUT2D eigenvalue weighted by atomic mass is 9.98. The van der Waals surface area contributed by atoms with E-state index in [4.69, 9.17) is 9.47 Å². The predicted octanol–water partition coefficient (Wildman–Crippen LogP) is 4.44. The van der Waals surface area contributed by atoms with Crippen molar-refractivity contribution < 1.29 is 19.1 Å². The van der Waals surface area contributed by atoms with Crippen molar-refractivity contribution in [1.82, 2.24) is 0 Å². The minimum atomic E-state index is -0.474. The number of nitrogens with one attached hydrogen (secondary N) is 1. The Morgan fingerprint density at radius 3 is 2.46 bits per heavy atom. The third-order valence-electron chi connectivity index (χ3n) is 4.69. The highest BCUT2D eigenvalue weighted by atomic mass is 16.5. The standard InChI is InChI=1S/C23H23NO4/c1-15-6-4-5-7-21(15)24-22(25)14-28-23(26)16(2)17-8-9-19-13-20(27-3)11-10-18(19)12-17/h4-13,16H,14H2,1-3H3,(H,24,25)/t16-/m0/s1. The Labute approximate surface area is 164 Å². The van der Waals surface area contributed by atoms with Gasteiger partial charge < -0.3 is 14.8 Å². The van der Waals surface area contributed by atoms with Crippen molar-refractivity contribution in [3.8, 4) is 5.75 Å². The van der Waals surface area contributed by atoms with Gasteiger partial charge in [-0.25, -0.2) is 0 Å². The molecule has 0 aliphatic heterocycles. The Morgan fingerprint density at radius 1 is 1.00 bits per heavy atom.